The fraction of sp³-hybridized carbons (Fsp3) is 0.263. The third-order valence-electron chi connectivity index (χ3n) is 3.99. The molecule has 1 N–H and O–H groups in total. The zero-order chi connectivity index (χ0) is 18.5. The first kappa shape index (κ1) is 17.6. The number of rotatable bonds is 6. The molecule has 3 aromatic rings. The molecule has 3 rings (SSSR count). The Hall–Kier alpha value is -3.22. The predicted octanol–water partition coefficient (Wildman–Crippen LogP) is 2.16. The first-order valence-corrected chi connectivity index (χ1v) is 8.30. The number of methoxy groups -OCH3 is 1. The van der Waals surface area contributed by atoms with E-state index in [-0.39, 0.29) is 24.3 Å². The number of pyridine rings is 1. The molecular formula is C19H20N4O3. The van der Waals surface area contributed by atoms with Crippen molar-refractivity contribution < 1.29 is 14.3 Å². The van der Waals surface area contributed by atoms with Crippen molar-refractivity contribution >= 4 is 22.9 Å². The van der Waals surface area contributed by atoms with Crippen molar-refractivity contribution in [2.24, 2.45) is 0 Å². The molecule has 134 valence electrons. The van der Waals surface area contributed by atoms with E-state index in [1.807, 2.05) is 30.3 Å². The highest BCUT2D eigenvalue weighted by atomic mass is 16.5. The second kappa shape index (κ2) is 7.77. The van der Waals surface area contributed by atoms with Crippen LogP contribution in [0.25, 0.3) is 11.0 Å². The molecule has 1 atom stereocenters. The SMILES string of the molecule is COC(=O)CC(C)NC(=O)c1cnc2c(cnn2Cc2ccccc2)c1. The Morgan fingerprint density at radius 1 is 1.23 bits per heavy atom. The quantitative estimate of drug-likeness (QED) is 0.687. The maximum absolute atomic E-state index is 12.3. The molecule has 0 aliphatic rings. The van der Waals surface area contributed by atoms with E-state index in [0.29, 0.717) is 17.8 Å². The summed E-state index contributed by atoms with van der Waals surface area (Å²) in [5, 5.41) is 7.92. The Bertz CT molecular complexity index is 921. The Balaban J connectivity index is 1.73. The zero-order valence-electron chi connectivity index (χ0n) is 14.7. The van der Waals surface area contributed by atoms with Crippen molar-refractivity contribution in [3.8, 4) is 0 Å². The van der Waals surface area contributed by atoms with Crippen LogP contribution in [0.4, 0.5) is 0 Å². The fourth-order valence-electron chi connectivity index (χ4n) is 2.66. The molecule has 1 aromatic carbocycles. The first-order valence-electron chi connectivity index (χ1n) is 8.30. The smallest absolute Gasteiger partial charge is 0.307 e. The molecular weight excluding hydrogens is 332 g/mol. The van der Waals surface area contributed by atoms with E-state index >= 15 is 0 Å². The molecule has 0 saturated carbocycles. The summed E-state index contributed by atoms with van der Waals surface area (Å²) in [7, 11) is 1.32. The molecule has 1 amide bonds. The van der Waals surface area contributed by atoms with Gasteiger partial charge < -0.3 is 10.1 Å². The van der Waals surface area contributed by atoms with E-state index in [0.717, 1.165) is 10.9 Å². The van der Waals surface area contributed by atoms with Crippen LogP contribution >= 0.6 is 0 Å². The monoisotopic (exact) mass is 352 g/mol. The molecule has 0 aliphatic carbocycles. The number of esters is 1. The van der Waals surface area contributed by atoms with Gasteiger partial charge in [-0.15, -0.1) is 0 Å². The fourth-order valence-corrected chi connectivity index (χ4v) is 2.66. The first-order chi connectivity index (χ1) is 12.6. The van der Waals surface area contributed by atoms with Crippen LogP contribution in [0, 0.1) is 0 Å². The minimum absolute atomic E-state index is 0.118. The molecule has 7 heteroatoms. The highest BCUT2D eigenvalue weighted by molar-refractivity contribution is 5.97. The number of fused-ring (bicyclic) bond motifs is 1. The summed E-state index contributed by atoms with van der Waals surface area (Å²) < 4.78 is 6.40. The van der Waals surface area contributed by atoms with Gasteiger partial charge in [-0.25, -0.2) is 9.67 Å². The number of ether oxygens (including phenoxy) is 1. The molecule has 1 unspecified atom stereocenters. The number of nitrogens with one attached hydrogen (secondary N) is 1. The molecule has 0 spiro atoms. The minimum Gasteiger partial charge on any atom is -0.469 e. The number of hydrogen-bond donors (Lipinski definition) is 1. The van der Waals surface area contributed by atoms with E-state index in [2.05, 4.69) is 20.1 Å². The van der Waals surface area contributed by atoms with Gasteiger partial charge in [0.15, 0.2) is 5.65 Å². The molecule has 0 fully saturated rings. The minimum atomic E-state index is -0.367. The van der Waals surface area contributed by atoms with Gasteiger partial charge in [0.25, 0.3) is 5.91 Å². The van der Waals surface area contributed by atoms with E-state index < -0.39 is 0 Å². The lowest BCUT2D eigenvalue weighted by Crippen LogP contribution is -2.34. The standard InChI is InChI=1S/C19H20N4O3/c1-13(8-17(24)26-2)22-19(25)16-9-15-11-21-23(18(15)20-10-16)12-14-6-4-3-5-7-14/h3-7,9-11,13H,8,12H2,1-2H3,(H,22,25). The van der Waals surface area contributed by atoms with Crippen molar-refractivity contribution in [1.29, 1.82) is 0 Å². The Labute approximate surface area is 151 Å². The zero-order valence-corrected chi connectivity index (χ0v) is 14.7. The normalized spacial score (nSPS) is 11.9. The van der Waals surface area contributed by atoms with E-state index in [1.54, 1.807) is 23.9 Å². The van der Waals surface area contributed by atoms with Crippen molar-refractivity contribution in [2.75, 3.05) is 7.11 Å². The summed E-state index contributed by atoms with van der Waals surface area (Å²) in [6.07, 6.45) is 3.33. The summed E-state index contributed by atoms with van der Waals surface area (Å²) in [5.41, 5.74) is 2.26. The van der Waals surface area contributed by atoms with Gasteiger partial charge >= 0.3 is 5.97 Å². The maximum atomic E-state index is 12.3. The number of nitrogens with zero attached hydrogens (tertiary/aromatic N) is 3. The lowest BCUT2D eigenvalue weighted by Gasteiger charge is -2.12. The van der Waals surface area contributed by atoms with E-state index in [9.17, 15) is 9.59 Å². The second-order valence-electron chi connectivity index (χ2n) is 6.08. The molecule has 2 heterocycles. The highest BCUT2D eigenvalue weighted by Crippen LogP contribution is 2.15. The number of carbonyl (C=O) groups excluding carboxylic acids is 2. The molecule has 26 heavy (non-hydrogen) atoms. The third kappa shape index (κ3) is 4.05. The van der Waals surface area contributed by atoms with Gasteiger partial charge in [-0.3, -0.25) is 9.59 Å². The highest BCUT2D eigenvalue weighted by Gasteiger charge is 2.15. The average molecular weight is 352 g/mol. The summed E-state index contributed by atoms with van der Waals surface area (Å²) in [4.78, 5) is 28.0. The molecule has 0 aliphatic heterocycles. The summed E-state index contributed by atoms with van der Waals surface area (Å²) in [6.45, 7) is 2.36. The summed E-state index contributed by atoms with van der Waals surface area (Å²) in [5.74, 6) is -0.653. The van der Waals surface area contributed by atoms with E-state index in [4.69, 9.17) is 0 Å². The van der Waals surface area contributed by atoms with Gasteiger partial charge in [0.05, 0.1) is 31.8 Å². The number of aromatic nitrogens is 3. The number of amides is 1. The van der Waals surface area contributed by atoms with Gasteiger partial charge in [0.2, 0.25) is 0 Å². The Morgan fingerprint density at radius 3 is 2.73 bits per heavy atom. The van der Waals surface area contributed by atoms with Crippen LogP contribution in [-0.2, 0) is 16.1 Å². The summed E-state index contributed by atoms with van der Waals surface area (Å²) in [6, 6.07) is 11.4. The van der Waals surface area contributed by atoms with Gasteiger partial charge in [-0.05, 0) is 18.6 Å². The molecule has 0 bridgehead atoms. The van der Waals surface area contributed by atoms with Crippen molar-refractivity contribution in [1.82, 2.24) is 20.1 Å². The third-order valence-corrected chi connectivity index (χ3v) is 3.99. The van der Waals surface area contributed by atoms with Crippen LogP contribution in [0.15, 0.2) is 48.8 Å². The van der Waals surface area contributed by atoms with Gasteiger partial charge in [-0.1, -0.05) is 30.3 Å². The van der Waals surface area contributed by atoms with Crippen LogP contribution in [0.1, 0.15) is 29.3 Å². The van der Waals surface area contributed by atoms with Gasteiger partial charge in [0, 0.05) is 17.6 Å². The average Bonchev–Trinajstić information content (AvgIpc) is 3.04. The van der Waals surface area contributed by atoms with E-state index in [1.165, 1.54) is 13.3 Å². The van der Waals surface area contributed by atoms with Crippen LogP contribution in [0.3, 0.4) is 0 Å². The van der Waals surface area contributed by atoms with Crippen LogP contribution < -0.4 is 5.32 Å². The number of benzene rings is 1. The lowest BCUT2D eigenvalue weighted by atomic mass is 10.2. The van der Waals surface area contributed by atoms with Gasteiger partial charge in [-0.2, -0.15) is 5.10 Å². The van der Waals surface area contributed by atoms with Crippen LogP contribution in [0.5, 0.6) is 0 Å². The largest absolute Gasteiger partial charge is 0.469 e. The predicted molar refractivity (Wildman–Crippen MR) is 96.6 cm³/mol. The maximum Gasteiger partial charge on any atom is 0.307 e. The lowest BCUT2D eigenvalue weighted by molar-refractivity contribution is -0.141. The molecule has 0 radical (unpaired) electrons. The number of hydrogen-bond acceptors (Lipinski definition) is 5. The second-order valence-corrected chi connectivity index (χ2v) is 6.08. The Kier molecular flexibility index (Phi) is 5.26. The molecule has 2 aromatic heterocycles. The van der Waals surface area contributed by atoms with Crippen molar-refractivity contribution in [2.45, 2.75) is 25.9 Å². The molecule has 0 saturated heterocycles. The van der Waals surface area contributed by atoms with Crippen LogP contribution in [-0.4, -0.2) is 39.8 Å². The van der Waals surface area contributed by atoms with Gasteiger partial charge in [0.1, 0.15) is 0 Å². The Morgan fingerprint density at radius 2 is 2.00 bits per heavy atom. The number of carbonyl (C=O) groups is 2. The van der Waals surface area contributed by atoms with Crippen LogP contribution in [0.2, 0.25) is 0 Å². The van der Waals surface area contributed by atoms with Crippen molar-refractivity contribution in [3.05, 3.63) is 59.9 Å². The molecule has 7 nitrogen and oxygen atoms in total. The topological polar surface area (TPSA) is 86.1 Å². The van der Waals surface area contributed by atoms with Crippen molar-refractivity contribution in [3.63, 3.8) is 0 Å². The summed E-state index contributed by atoms with van der Waals surface area (Å²) >= 11 is 0.